The van der Waals surface area contributed by atoms with E-state index in [1.165, 1.54) is 10.4 Å². The van der Waals surface area contributed by atoms with Gasteiger partial charge in [-0.15, -0.1) is 0 Å². The number of ether oxygens (including phenoxy) is 3. The highest BCUT2D eigenvalue weighted by atomic mass is 28.4. The molecule has 202 valence electrons. The summed E-state index contributed by atoms with van der Waals surface area (Å²) in [6.45, 7) is 11.2. The topological polar surface area (TPSA) is 57.2 Å². The van der Waals surface area contributed by atoms with Crippen molar-refractivity contribution in [1.82, 2.24) is 0 Å². The number of hydrogen-bond acceptors (Lipinski definition) is 5. The van der Waals surface area contributed by atoms with E-state index in [0.717, 1.165) is 32.3 Å². The molecule has 2 saturated heterocycles. The van der Waals surface area contributed by atoms with E-state index in [2.05, 4.69) is 88.4 Å². The van der Waals surface area contributed by atoms with E-state index in [1.54, 1.807) is 0 Å². The molecule has 6 heteroatoms. The molecular weight excluding hydrogens is 480 g/mol. The zero-order valence-corrected chi connectivity index (χ0v) is 23.9. The fourth-order valence-electron chi connectivity index (χ4n) is 7.10. The molecule has 0 amide bonds. The maximum absolute atomic E-state index is 10.5. The Morgan fingerprint density at radius 2 is 1.62 bits per heavy atom. The van der Waals surface area contributed by atoms with Crippen LogP contribution in [0.1, 0.15) is 59.8 Å². The minimum Gasteiger partial charge on any atom is -0.407 e. The fraction of sp³-hybridized carbons (Fsp3) is 0.613. The molecule has 5 nitrogen and oxygen atoms in total. The molecule has 2 heterocycles. The summed E-state index contributed by atoms with van der Waals surface area (Å²) >= 11 is 0. The third kappa shape index (κ3) is 5.34. The van der Waals surface area contributed by atoms with Gasteiger partial charge in [-0.2, -0.15) is 0 Å². The zero-order chi connectivity index (χ0) is 26.1. The van der Waals surface area contributed by atoms with Crippen LogP contribution < -0.4 is 10.4 Å². The lowest BCUT2D eigenvalue weighted by Gasteiger charge is -2.45. The summed E-state index contributed by atoms with van der Waals surface area (Å²) in [6.07, 6.45) is 3.86. The monoisotopic (exact) mass is 524 g/mol. The Bertz CT molecular complexity index is 964. The SMILES string of the molecule is CC(C)(C)[Si](OC[C@@H]1[C@H]2CC(O)OC[C@@]2(C)C[C@H]1OC1CCCCO1)(c1ccccc1)c1ccccc1. The van der Waals surface area contributed by atoms with Gasteiger partial charge in [-0.05, 0) is 52.4 Å². The molecule has 3 aliphatic rings. The van der Waals surface area contributed by atoms with Crippen LogP contribution in [0.2, 0.25) is 5.04 Å². The Morgan fingerprint density at radius 1 is 0.973 bits per heavy atom. The van der Waals surface area contributed by atoms with Gasteiger partial charge >= 0.3 is 0 Å². The molecule has 0 spiro atoms. The van der Waals surface area contributed by atoms with Crippen molar-refractivity contribution in [3.63, 3.8) is 0 Å². The van der Waals surface area contributed by atoms with Crippen molar-refractivity contribution in [2.75, 3.05) is 19.8 Å². The minimum absolute atomic E-state index is 0.0187. The number of rotatable bonds is 7. The molecule has 2 aliphatic heterocycles. The first-order chi connectivity index (χ1) is 17.7. The summed E-state index contributed by atoms with van der Waals surface area (Å²) in [5.74, 6) is 0.429. The Hall–Kier alpha value is -1.54. The van der Waals surface area contributed by atoms with E-state index < -0.39 is 14.6 Å². The van der Waals surface area contributed by atoms with Gasteiger partial charge in [0.05, 0.1) is 12.7 Å². The van der Waals surface area contributed by atoms with Crippen molar-refractivity contribution in [1.29, 1.82) is 0 Å². The third-order valence-electron chi connectivity index (χ3n) is 8.99. The smallest absolute Gasteiger partial charge is 0.261 e. The quantitative estimate of drug-likeness (QED) is 0.525. The predicted molar refractivity (Wildman–Crippen MR) is 148 cm³/mol. The molecular formula is C31H44O5Si. The summed E-state index contributed by atoms with van der Waals surface area (Å²) in [6, 6.07) is 21.6. The molecule has 0 bridgehead atoms. The van der Waals surface area contributed by atoms with Gasteiger partial charge in [0.1, 0.15) is 0 Å². The van der Waals surface area contributed by atoms with Crippen LogP contribution in [0.25, 0.3) is 0 Å². The number of hydrogen-bond donors (Lipinski definition) is 1. The standard InChI is InChI=1S/C31H44O5Si/c1-30(2,3)37(23-13-7-5-8-14-23,24-15-9-6-10-16-24)35-21-25-26-19-28(32)34-22-31(26,4)20-27(25)36-29-17-11-12-18-33-29/h5-10,13-16,25-29,32H,11-12,17-22H2,1-4H3/t25-,26-,27-,28?,29?,31-/m1/s1. The molecule has 37 heavy (non-hydrogen) atoms. The summed E-state index contributed by atoms with van der Waals surface area (Å²) in [5.41, 5.74) is -0.0436. The summed E-state index contributed by atoms with van der Waals surface area (Å²) in [5, 5.41) is 13.0. The van der Waals surface area contributed by atoms with Crippen molar-refractivity contribution < 1.29 is 23.7 Å². The fourth-order valence-corrected chi connectivity index (χ4v) is 11.7. The second-order valence-electron chi connectivity index (χ2n) is 12.6. The van der Waals surface area contributed by atoms with E-state index in [1.807, 2.05) is 0 Å². The molecule has 1 N–H and O–H groups in total. The first-order valence-electron chi connectivity index (χ1n) is 14.0. The molecule has 3 fully saturated rings. The van der Waals surface area contributed by atoms with Crippen molar-refractivity contribution in [2.45, 2.75) is 83.5 Å². The number of benzene rings is 2. The lowest BCUT2D eigenvalue weighted by atomic mass is 9.74. The van der Waals surface area contributed by atoms with E-state index in [4.69, 9.17) is 18.6 Å². The molecule has 2 aromatic carbocycles. The Morgan fingerprint density at radius 3 is 2.19 bits per heavy atom. The zero-order valence-electron chi connectivity index (χ0n) is 22.9. The van der Waals surface area contributed by atoms with Crippen LogP contribution in [0, 0.1) is 17.3 Å². The first-order valence-corrected chi connectivity index (χ1v) is 16.0. The molecule has 1 aliphatic carbocycles. The van der Waals surface area contributed by atoms with Crippen molar-refractivity contribution in [3.8, 4) is 0 Å². The van der Waals surface area contributed by atoms with E-state index >= 15 is 0 Å². The maximum Gasteiger partial charge on any atom is 0.261 e. The van der Waals surface area contributed by atoms with Crippen molar-refractivity contribution >= 4 is 18.7 Å². The maximum atomic E-state index is 10.5. The number of aliphatic hydroxyl groups excluding tert-OH is 1. The van der Waals surface area contributed by atoms with Crippen LogP contribution in [0.5, 0.6) is 0 Å². The van der Waals surface area contributed by atoms with Crippen molar-refractivity contribution in [2.24, 2.45) is 17.3 Å². The highest BCUT2D eigenvalue weighted by molar-refractivity contribution is 6.99. The molecule has 0 radical (unpaired) electrons. The summed E-state index contributed by atoms with van der Waals surface area (Å²) < 4.78 is 25.8. The second kappa shape index (κ2) is 10.9. The number of aliphatic hydroxyl groups is 1. The van der Waals surface area contributed by atoms with Gasteiger partial charge in [0.25, 0.3) is 8.32 Å². The Labute approximate surface area is 223 Å². The van der Waals surface area contributed by atoms with Gasteiger partial charge < -0.3 is 23.7 Å². The highest BCUT2D eigenvalue weighted by Gasteiger charge is 2.57. The lowest BCUT2D eigenvalue weighted by molar-refractivity contribution is -0.198. The normalized spacial score (nSPS) is 32.7. The summed E-state index contributed by atoms with van der Waals surface area (Å²) in [7, 11) is -2.68. The molecule has 2 unspecified atom stereocenters. The van der Waals surface area contributed by atoms with Gasteiger partial charge in [-0.3, -0.25) is 0 Å². The van der Waals surface area contributed by atoms with E-state index in [0.29, 0.717) is 19.6 Å². The lowest BCUT2D eigenvalue weighted by Crippen LogP contribution is -2.67. The van der Waals surface area contributed by atoms with Gasteiger partial charge in [-0.1, -0.05) is 88.4 Å². The largest absolute Gasteiger partial charge is 0.407 e. The third-order valence-corrected chi connectivity index (χ3v) is 14.0. The second-order valence-corrected chi connectivity index (χ2v) is 16.9. The van der Waals surface area contributed by atoms with Gasteiger partial charge in [0.2, 0.25) is 0 Å². The average molecular weight is 525 g/mol. The minimum atomic E-state index is -2.68. The van der Waals surface area contributed by atoms with Crippen LogP contribution in [0.15, 0.2) is 60.7 Å². The highest BCUT2D eigenvalue weighted by Crippen LogP contribution is 2.53. The molecule has 1 saturated carbocycles. The Kier molecular flexibility index (Phi) is 7.97. The summed E-state index contributed by atoms with van der Waals surface area (Å²) in [4.78, 5) is 0. The van der Waals surface area contributed by atoms with E-state index in [-0.39, 0.29) is 34.7 Å². The number of fused-ring (bicyclic) bond motifs is 1. The van der Waals surface area contributed by atoms with Gasteiger partial charge in [0.15, 0.2) is 12.6 Å². The van der Waals surface area contributed by atoms with Crippen LogP contribution in [-0.2, 0) is 18.6 Å². The molecule has 2 aromatic rings. The van der Waals surface area contributed by atoms with Crippen LogP contribution in [0.3, 0.4) is 0 Å². The predicted octanol–water partition coefficient (Wildman–Crippen LogP) is 4.86. The molecule has 5 rings (SSSR count). The van der Waals surface area contributed by atoms with Crippen LogP contribution >= 0.6 is 0 Å². The molecule has 6 atom stereocenters. The Balaban J connectivity index is 1.50. The van der Waals surface area contributed by atoms with Crippen LogP contribution in [0.4, 0.5) is 0 Å². The van der Waals surface area contributed by atoms with Crippen LogP contribution in [-0.4, -0.2) is 51.9 Å². The van der Waals surface area contributed by atoms with Crippen molar-refractivity contribution in [3.05, 3.63) is 60.7 Å². The van der Waals surface area contributed by atoms with Gasteiger partial charge in [0, 0.05) is 25.6 Å². The average Bonchev–Trinajstić information content (AvgIpc) is 3.16. The molecule has 0 aromatic heterocycles. The first kappa shape index (κ1) is 27.0. The van der Waals surface area contributed by atoms with Gasteiger partial charge in [-0.25, -0.2) is 0 Å². The van der Waals surface area contributed by atoms with E-state index in [9.17, 15) is 5.11 Å².